The molecule has 1 aromatic carbocycles. The molecule has 2 aliphatic rings. The molecule has 1 amide bonds. The summed E-state index contributed by atoms with van der Waals surface area (Å²) in [6, 6.07) is 12.6. The number of quaternary nitrogens is 1. The van der Waals surface area contributed by atoms with Crippen LogP contribution < -0.4 is 9.80 Å². The van der Waals surface area contributed by atoms with Crippen molar-refractivity contribution in [2.45, 2.75) is 25.8 Å². The third kappa shape index (κ3) is 2.75. The molecule has 5 rings (SSSR count). The Morgan fingerprint density at radius 1 is 1.14 bits per heavy atom. The number of nitrogens with one attached hydrogen (secondary N) is 1. The summed E-state index contributed by atoms with van der Waals surface area (Å²) < 4.78 is 0. The number of rotatable bonds is 4. The van der Waals surface area contributed by atoms with Gasteiger partial charge in [-0.05, 0) is 47.0 Å². The average Bonchev–Trinajstić information content (AvgIpc) is 3.45. The summed E-state index contributed by atoms with van der Waals surface area (Å²) in [5, 5.41) is 4.28. The fourth-order valence-electron chi connectivity index (χ4n) is 4.36. The molecule has 4 heterocycles. The molecule has 2 aliphatic heterocycles. The van der Waals surface area contributed by atoms with E-state index < -0.39 is 5.91 Å². The van der Waals surface area contributed by atoms with Crippen molar-refractivity contribution in [2.24, 2.45) is 0 Å². The van der Waals surface area contributed by atoms with Gasteiger partial charge in [-0.15, -0.1) is 22.7 Å². The number of nitrogens with zero attached hydrogens (tertiary/aromatic N) is 1. The van der Waals surface area contributed by atoms with Crippen molar-refractivity contribution in [1.29, 1.82) is 0 Å². The summed E-state index contributed by atoms with van der Waals surface area (Å²) in [6.45, 7) is 3.53. The number of benzene rings is 1. The maximum atomic E-state index is 12.8. The van der Waals surface area contributed by atoms with Gasteiger partial charge in [-0.2, -0.15) is 0 Å². The Bertz CT molecular complexity index is 1050. The Labute approximate surface area is 172 Å². The van der Waals surface area contributed by atoms with Gasteiger partial charge in [0.2, 0.25) is 0 Å². The summed E-state index contributed by atoms with van der Waals surface area (Å²) >= 11 is 3.58. The lowest BCUT2D eigenvalue weighted by molar-refractivity contribution is -0.926. The largest absolute Gasteiger partial charge is 0.306 e. The van der Waals surface area contributed by atoms with E-state index in [1.54, 1.807) is 16.2 Å². The van der Waals surface area contributed by atoms with Gasteiger partial charge in [0.15, 0.2) is 12.7 Å². The SMILES string of the molecule is CCc1ccc2c(c1)C(=O)C(=O)N2C[NH+]1CCc2sccc2[C@@H]1c1cccs1. The van der Waals surface area contributed by atoms with Crippen LogP contribution in [0.25, 0.3) is 0 Å². The third-order valence-corrected chi connectivity index (χ3v) is 7.74. The number of ketones is 1. The van der Waals surface area contributed by atoms with Crippen LogP contribution in [0, 0.1) is 0 Å². The third-order valence-electron chi connectivity index (χ3n) is 5.81. The monoisotopic (exact) mass is 409 g/mol. The lowest BCUT2D eigenvalue weighted by Crippen LogP contribution is -3.15. The zero-order valence-corrected chi connectivity index (χ0v) is 17.2. The predicted molar refractivity (Wildman–Crippen MR) is 113 cm³/mol. The molecule has 0 aliphatic carbocycles. The van der Waals surface area contributed by atoms with Crippen molar-refractivity contribution in [2.75, 3.05) is 18.1 Å². The van der Waals surface area contributed by atoms with Gasteiger partial charge in [-0.1, -0.05) is 19.1 Å². The first-order valence-corrected chi connectivity index (χ1v) is 11.4. The molecular weight excluding hydrogens is 388 g/mol. The molecule has 3 aromatic rings. The number of fused-ring (bicyclic) bond motifs is 2. The second-order valence-electron chi connectivity index (χ2n) is 7.33. The maximum Gasteiger partial charge on any atom is 0.303 e. The minimum absolute atomic E-state index is 0.219. The van der Waals surface area contributed by atoms with Crippen molar-refractivity contribution in [3.8, 4) is 0 Å². The molecule has 2 atom stereocenters. The van der Waals surface area contributed by atoms with Crippen LogP contribution in [-0.2, 0) is 17.6 Å². The van der Waals surface area contributed by atoms with Crippen molar-refractivity contribution in [1.82, 2.24) is 0 Å². The molecule has 2 aromatic heterocycles. The first kappa shape index (κ1) is 17.8. The molecule has 1 N–H and O–H groups in total. The number of Topliss-reactive ketones (excluding diaryl/α,β-unsaturated/α-hetero) is 1. The number of hydrogen-bond acceptors (Lipinski definition) is 4. The fraction of sp³-hybridized carbons (Fsp3) is 0.273. The first-order chi connectivity index (χ1) is 13.7. The molecular formula is C22H21N2O2S2+. The molecule has 0 bridgehead atoms. The summed E-state index contributed by atoms with van der Waals surface area (Å²) in [5.41, 5.74) is 3.78. The van der Waals surface area contributed by atoms with Crippen LogP contribution in [0.5, 0.6) is 0 Å². The van der Waals surface area contributed by atoms with E-state index in [9.17, 15) is 9.59 Å². The number of thiophene rings is 2. The van der Waals surface area contributed by atoms with Crippen LogP contribution in [0.15, 0.2) is 47.2 Å². The van der Waals surface area contributed by atoms with Crippen molar-refractivity contribution in [3.05, 3.63) is 73.6 Å². The summed E-state index contributed by atoms with van der Waals surface area (Å²) in [5.74, 6) is -0.762. The summed E-state index contributed by atoms with van der Waals surface area (Å²) in [6.07, 6.45) is 1.87. The zero-order valence-electron chi connectivity index (χ0n) is 15.6. The smallest absolute Gasteiger partial charge is 0.303 e. The number of carbonyl (C=O) groups excluding carboxylic acids is 2. The zero-order chi connectivity index (χ0) is 19.3. The highest BCUT2D eigenvalue weighted by molar-refractivity contribution is 7.10. The molecule has 0 fully saturated rings. The van der Waals surface area contributed by atoms with Gasteiger partial charge in [-0.25, -0.2) is 0 Å². The Morgan fingerprint density at radius 2 is 2.04 bits per heavy atom. The number of hydrogen-bond donors (Lipinski definition) is 1. The topological polar surface area (TPSA) is 41.8 Å². The molecule has 0 spiro atoms. The van der Waals surface area contributed by atoms with Gasteiger partial charge in [0.1, 0.15) is 0 Å². The number of anilines is 1. The van der Waals surface area contributed by atoms with Gasteiger partial charge in [-0.3, -0.25) is 14.5 Å². The van der Waals surface area contributed by atoms with Crippen molar-refractivity contribution >= 4 is 40.1 Å². The molecule has 0 radical (unpaired) electrons. The lowest BCUT2D eigenvalue weighted by Gasteiger charge is -2.34. The first-order valence-electron chi connectivity index (χ1n) is 9.60. The summed E-state index contributed by atoms with van der Waals surface area (Å²) in [7, 11) is 0. The summed E-state index contributed by atoms with van der Waals surface area (Å²) in [4.78, 5) is 31.2. The van der Waals surface area contributed by atoms with E-state index in [1.807, 2.05) is 29.5 Å². The highest BCUT2D eigenvalue weighted by Crippen LogP contribution is 2.33. The highest BCUT2D eigenvalue weighted by Gasteiger charge is 2.41. The normalized spacial score (nSPS) is 21.1. The highest BCUT2D eigenvalue weighted by atomic mass is 32.1. The Hall–Kier alpha value is -2.28. The van der Waals surface area contributed by atoms with E-state index >= 15 is 0 Å². The molecule has 4 nitrogen and oxygen atoms in total. The maximum absolute atomic E-state index is 12.8. The number of amides is 1. The molecule has 6 heteroatoms. The molecule has 0 saturated carbocycles. The van der Waals surface area contributed by atoms with Gasteiger partial charge in [0.05, 0.1) is 22.7 Å². The van der Waals surface area contributed by atoms with Crippen LogP contribution in [-0.4, -0.2) is 24.9 Å². The molecule has 28 heavy (non-hydrogen) atoms. The Morgan fingerprint density at radius 3 is 2.82 bits per heavy atom. The quantitative estimate of drug-likeness (QED) is 0.673. The van der Waals surface area contributed by atoms with E-state index in [1.165, 1.54) is 20.2 Å². The Balaban J connectivity index is 1.51. The van der Waals surface area contributed by atoms with Crippen molar-refractivity contribution in [3.63, 3.8) is 0 Å². The molecule has 1 unspecified atom stereocenters. The van der Waals surface area contributed by atoms with Crippen LogP contribution >= 0.6 is 22.7 Å². The standard InChI is InChI=1S/C22H20N2O2S2/c1-2-14-5-6-17-16(12-14)21(25)22(26)24(17)13-23-9-7-18-15(8-11-28-18)20(23)19-4-3-10-27-19/h3-6,8,10-12,20H,2,7,9,13H2,1H3/p+1/t20-/m1/s1. The van der Waals surface area contributed by atoms with Gasteiger partial charge < -0.3 is 4.90 Å². The van der Waals surface area contributed by atoms with E-state index in [4.69, 9.17) is 0 Å². The van der Waals surface area contributed by atoms with E-state index in [0.717, 1.165) is 30.6 Å². The fourth-order valence-corrected chi connectivity index (χ4v) is 6.18. The average molecular weight is 410 g/mol. The second kappa shape index (κ2) is 6.95. The Kier molecular flexibility index (Phi) is 4.42. The van der Waals surface area contributed by atoms with E-state index in [2.05, 4.69) is 35.9 Å². The van der Waals surface area contributed by atoms with E-state index in [-0.39, 0.29) is 11.8 Å². The second-order valence-corrected chi connectivity index (χ2v) is 9.31. The van der Waals surface area contributed by atoms with Crippen molar-refractivity contribution < 1.29 is 14.5 Å². The van der Waals surface area contributed by atoms with Gasteiger partial charge in [0, 0.05) is 16.9 Å². The predicted octanol–water partition coefficient (Wildman–Crippen LogP) is 3.09. The van der Waals surface area contributed by atoms with Gasteiger partial charge >= 0.3 is 5.91 Å². The van der Waals surface area contributed by atoms with Crippen LogP contribution in [0.2, 0.25) is 0 Å². The molecule has 0 saturated heterocycles. The molecule has 142 valence electrons. The number of carbonyl (C=O) groups is 2. The minimum atomic E-state index is -0.392. The van der Waals surface area contributed by atoms with Crippen LogP contribution in [0.4, 0.5) is 5.69 Å². The van der Waals surface area contributed by atoms with Gasteiger partial charge in [0.25, 0.3) is 5.78 Å². The van der Waals surface area contributed by atoms with E-state index in [0.29, 0.717) is 12.2 Å². The minimum Gasteiger partial charge on any atom is -0.306 e. The van der Waals surface area contributed by atoms with Crippen LogP contribution in [0.3, 0.4) is 0 Å². The van der Waals surface area contributed by atoms with Crippen LogP contribution in [0.1, 0.15) is 44.2 Å². The number of aryl methyl sites for hydroxylation is 1. The lowest BCUT2D eigenvalue weighted by atomic mass is 9.99.